The molecule has 0 radical (unpaired) electrons. The normalized spacial score (nSPS) is 21.4. The first-order valence-corrected chi connectivity index (χ1v) is 8.15. The molecule has 3 nitrogen and oxygen atoms in total. The summed E-state index contributed by atoms with van der Waals surface area (Å²) >= 11 is 3.56. The summed E-state index contributed by atoms with van der Waals surface area (Å²) in [7, 11) is 2.06. The topological polar surface area (TPSA) is 21.1 Å². The van der Waals surface area contributed by atoms with Crippen molar-refractivity contribution in [2.75, 3.05) is 18.4 Å². The number of alkyl halides is 1. The molecule has 0 saturated carbocycles. The lowest BCUT2D eigenvalue weighted by molar-refractivity contribution is 0.162. The van der Waals surface area contributed by atoms with E-state index in [4.69, 9.17) is 0 Å². The van der Waals surface area contributed by atoms with Crippen molar-refractivity contribution in [3.63, 3.8) is 0 Å². The van der Waals surface area contributed by atoms with E-state index in [0.29, 0.717) is 0 Å². The molecule has 0 amide bonds. The summed E-state index contributed by atoms with van der Waals surface area (Å²) < 4.78 is 2.05. The molecule has 1 unspecified atom stereocenters. The third-order valence-corrected chi connectivity index (χ3v) is 4.35. The van der Waals surface area contributed by atoms with Gasteiger partial charge in [-0.2, -0.15) is 5.10 Å². The molecule has 1 fully saturated rings. The summed E-state index contributed by atoms with van der Waals surface area (Å²) in [5, 5.41) is 5.67. The van der Waals surface area contributed by atoms with Gasteiger partial charge in [-0.15, -0.1) is 0 Å². The highest BCUT2D eigenvalue weighted by molar-refractivity contribution is 9.09. The molecule has 0 spiro atoms. The molecule has 1 aliphatic rings. The van der Waals surface area contributed by atoms with Crippen molar-refractivity contribution in [1.82, 2.24) is 14.7 Å². The highest BCUT2D eigenvalue weighted by Crippen LogP contribution is 2.22. The van der Waals surface area contributed by atoms with Gasteiger partial charge in [0.1, 0.15) is 0 Å². The fraction of sp³-hybridized carbons (Fsp3) is 0.786. The Labute approximate surface area is 119 Å². The van der Waals surface area contributed by atoms with E-state index in [0.717, 1.165) is 24.2 Å². The van der Waals surface area contributed by atoms with E-state index in [9.17, 15) is 0 Å². The summed E-state index contributed by atoms with van der Waals surface area (Å²) in [4.78, 5) is 2.59. The van der Waals surface area contributed by atoms with Crippen LogP contribution in [0.4, 0.5) is 0 Å². The monoisotopic (exact) mass is 313 g/mol. The van der Waals surface area contributed by atoms with Gasteiger partial charge in [0, 0.05) is 25.5 Å². The Balaban J connectivity index is 1.93. The highest BCUT2D eigenvalue weighted by atomic mass is 79.9. The molecule has 2 heterocycles. The van der Waals surface area contributed by atoms with Gasteiger partial charge in [-0.05, 0) is 44.2 Å². The van der Waals surface area contributed by atoms with Crippen LogP contribution in [0.15, 0.2) is 6.07 Å². The summed E-state index contributed by atoms with van der Waals surface area (Å²) in [5.74, 6) is 0.872. The number of piperidine rings is 1. The minimum atomic E-state index is 0.872. The summed E-state index contributed by atoms with van der Waals surface area (Å²) in [5.41, 5.74) is 2.56. The van der Waals surface area contributed by atoms with Crippen molar-refractivity contribution < 1.29 is 0 Å². The standard InChI is InChI=1S/C14H24BrN3/c1-3-13-9-14(17(2)16-13)11-18-8-4-5-12(10-18)6-7-15/h9,12H,3-8,10-11H2,1-2H3. The first-order chi connectivity index (χ1) is 8.72. The lowest BCUT2D eigenvalue weighted by Gasteiger charge is -2.32. The van der Waals surface area contributed by atoms with Crippen LogP contribution >= 0.6 is 15.9 Å². The van der Waals surface area contributed by atoms with Crippen LogP contribution < -0.4 is 0 Å². The first kappa shape index (κ1) is 14.1. The van der Waals surface area contributed by atoms with Crippen LogP contribution in [0.2, 0.25) is 0 Å². The van der Waals surface area contributed by atoms with Crippen LogP contribution in [0.1, 0.15) is 37.6 Å². The zero-order valence-electron chi connectivity index (χ0n) is 11.5. The molecule has 102 valence electrons. The maximum Gasteiger partial charge on any atom is 0.0625 e. The van der Waals surface area contributed by atoms with Crippen LogP contribution in [0, 0.1) is 5.92 Å². The number of aryl methyl sites for hydroxylation is 2. The second-order valence-electron chi connectivity index (χ2n) is 5.33. The lowest BCUT2D eigenvalue weighted by Crippen LogP contribution is -2.35. The quantitative estimate of drug-likeness (QED) is 0.779. The van der Waals surface area contributed by atoms with Gasteiger partial charge in [-0.1, -0.05) is 22.9 Å². The van der Waals surface area contributed by atoms with Crippen LogP contribution in [-0.2, 0) is 20.0 Å². The largest absolute Gasteiger partial charge is 0.297 e. The minimum Gasteiger partial charge on any atom is -0.297 e. The summed E-state index contributed by atoms with van der Waals surface area (Å²) in [6.07, 6.45) is 5.08. The second kappa shape index (κ2) is 6.71. The van der Waals surface area contributed by atoms with Crippen LogP contribution in [0.5, 0.6) is 0 Å². The molecule has 2 rings (SSSR count). The van der Waals surface area contributed by atoms with Gasteiger partial charge in [-0.3, -0.25) is 9.58 Å². The van der Waals surface area contributed by atoms with E-state index < -0.39 is 0 Å². The molecule has 1 aliphatic heterocycles. The lowest BCUT2D eigenvalue weighted by atomic mass is 9.95. The molecular weight excluding hydrogens is 290 g/mol. The summed E-state index contributed by atoms with van der Waals surface area (Å²) in [6.45, 7) is 5.71. The number of hydrogen-bond donors (Lipinski definition) is 0. The van der Waals surface area contributed by atoms with Crippen molar-refractivity contribution in [2.24, 2.45) is 13.0 Å². The van der Waals surface area contributed by atoms with Crippen molar-refractivity contribution in [3.05, 3.63) is 17.5 Å². The van der Waals surface area contributed by atoms with E-state index in [-0.39, 0.29) is 0 Å². The maximum atomic E-state index is 4.53. The van der Waals surface area contributed by atoms with Gasteiger partial charge in [0.2, 0.25) is 0 Å². The Morgan fingerprint density at radius 2 is 2.33 bits per heavy atom. The molecule has 0 aliphatic carbocycles. The van der Waals surface area contributed by atoms with Gasteiger partial charge >= 0.3 is 0 Å². The van der Waals surface area contributed by atoms with Crippen LogP contribution in [0.25, 0.3) is 0 Å². The van der Waals surface area contributed by atoms with Gasteiger partial charge in [0.05, 0.1) is 11.4 Å². The predicted molar refractivity (Wildman–Crippen MR) is 79.0 cm³/mol. The third kappa shape index (κ3) is 3.58. The zero-order chi connectivity index (χ0) is 13.0. The SMILES string of the molecule is CCc1cc(CN2CCCC(CCBr)C2)n(C)n1. The van der Waals surface area contributed by atoms with Gasteiger partial charge in [0.15, 0.2) is 0 Å². The van der Waals surface area contributed by atoms with Crippen molar-refractivity contribution >= 4 is 15.9 Å². The number of rotatable bonds is 5. The first-order valence-electron chi connectivity index (χ1n) is 7.03. The van der Waals surface area contributed by atoms with Crippen LogP contribution in [-0.4, -0.2) is 33.1 Å². The number of hydrogen-bond acceptors (Lipinski definition) is 2. The number of likely N-dealkylation sites (tertiary alicyclic amines) is 1. The van der Waals surface area contributed by atoms with Gasteiger partial charge < -0.3 is 0 Å². The molecule has 4 heteroatoms. The van der Waals surface area contributed by atoms with E-state index >= 15 is 0 Å². The fourth-order valence-corrected chi connectivity index (χ4v) is 3.45. The van der Waals surface area contributed by atoms with Crippen LogP contribution in [0.3, 0.4) is 0 Å². The number of nitrogens with zero attached hydrogens (tertiary/aromatic N) is 3. The molecule has 1 saturated heterocycles. The smallest absolute Gasteiger partial charge is 0.0625 e. The van der Waals surface area contributed by atoms with Gasteiger partial charge in [0.25, 0.3) is 0 Å². The minimum absolute atomic E-state index is 0.872. The molecule has 0 aromatic carbocycles. The maximum absolute atomic E-state index is 4.53. The Kier molecular flexibility index (Phi) is 5.25. The van der Waals surface area contributed by atoms with E-state index in [1.807, 2.05) is 4.68 Å². The Morgan fingerprint density at radius 1 is 1.50 bits per heavy atom. The highest BCUT2D eigenvalue weighted by Gasteiger charge is 2.20. The zero-order valence-corrected chi connectivity index (χ0v) is 13.1. The Morgan fingerprint density at radius 3 is 3.00 bits per heavy atom. The predicted octanol–water partition coefficient (Wildman–Crippen LogP) is 2.98. The molecule has 0 N–H and O–H groups in total. The average Bonchev–Trinajstić information content (AvgIpc) is 2.71. The number of halogens is 1. The Bertz CT molecular complexity index is 373. The van der Waals surface area contributed by atoms with Crippen molar-refractivity contribution in [1.29, 1.82) is 0 Å². The fourth-order valence-electron chi connectivity index (χ4n) is 2.81. The second-order valence-corrected chi connectivity index (χ2v) is 6.12. The average molecular weight is 314 g/mol. The van der Waals surface area contributed by atoms with Crippen molar-refractivity contribution in [2.45, 2.75) is 39.2 Å². The van der Waals surface area contributed by atoms with Gasteiger partial charge in [-0.25, -0.2) is 0 Å². The Hall–Kier alpha value is -0.350. The number of aromatic nitrogens is 2. The molecule has 1 aromatic heterocycles. The summed E-state index contributed by atoms with van der Waals surface area (Å²) in [6, 6.07) is 2.26. The molecule has 1 atom stereocenters. The molecule has 1 aromatic rings. The third-order valence-electron chi connectivity index (χ3n) is 3.90. The molecular formula is C14H24BrN3. The van der Waals surface area contributed by atoms with E-state index in [2.05, 4.69) is 46.0 Å². The van der Waals surface area contributed by atoms with E-state index in [1.54, 1.807) is 0 Å². The van der Waals surface area contributed by atoms with E-state index in [1.165, 1.54) is 43.7 Å². The van der Waals surface area contributed by atoms with Crippen molar-refractivity contribution in [3.8, 4) is 0 Å². The molecule has 0 bridgehead atoms. The molecule has 18 heavy (non-hydrogen) atoms.